The molecule has 1 aromatic carbocycles. The molecule has 0 atom stereocenters. The van der Waals surface area contributed by atoms with Gasteiger partial charge in [0.05, 0.1) is 5.56 Å². The van der Waals surface area contributed by atoms with Crippen molar-refractivity contribution < 1.29 is 35.3 Å². The zero-order chi connectivity index (χ0) is 26.8. The largest absolute Gasteiger partial charge is 0.534 e. The average Bonchev–Trinajstić information content (AvgIpc) is 2.79. The maximum Gasteiger partial charge on any atom is 0.534 e. The Labute approximate surface area is 203 Å². The van der Waals surface area contributed by atoms with Crippen molar-refractivity contribution >= 4 is 33.9 Å². The van der Waals surface area contributed by atoms with E-state index >= 15 is 0 Å². The molecule has 1 aromatic heterocycles. The molecule has 0 fully saturated rings. The monoisotopic (exact) mass is 520 g/mol. The maximum atomic E-state index is 12.7. The quantitative estimate of drug-likeness (QED) is 0.253. The number of alkyl halides is 3. The summed E-state index contributed by atoms with van der Waals surface area (Å²) in [5, 5.41) is 6.23. The highest BCUT2D eigenvalue weighted by molar-refractivity contribution is 7.88. The molecule has 13 heteroatoms. The lowest BCUT2D eigenvalue weighted by atomic mass is 10.1. The first kappa shape index (κ1) is 30.1. The van der Waals surface area contributed by atoms with E-state index in [1.165, 1.54) is 12.1 Å². The molecule has 0 aliphatic carbocycles. The Bertz CT molecular complexity index is 1090. The number of methoxy groups -OCH3 is 1. The number of aromatic nitrogens is 2. The molecule has 2 rings (SSSR count). The fourth-order valence-corrected chi connectivity index (χ4v) is 3.38. The van der Waals surface area contributed by atoms with Crippen molar-refractivity contribution in [3.05, 3.63) is 35.0 Å². The first-order chi connectivity index (χ1) is 16.4. The molecule has 0 bridgehead atoms. The molecule has 0 saturated carbocycles. The number of aryl methyl sites for hydroxylation is 2. The van der Waals surface area contributed by atoms with Crippen LogP contribution >= 0.6 is 0 Å². The van der Waals surface area contributed by atoms with Gasteiger partial charge in [-0.25, -0.2) is 4.98 Å². The average molecular weight is 521 g/mol. The molecule has 35 heavy (non-hydrogen) atoms. The number of carbonyl (C=O) groups is 1. The fraction of sp³-hybridized carbons (Fsp3) is 0.500. The van der Waals surface area contributed by atoms with E-state index in [1.54, 1.807) is 27.3 Å². The first-order valence-corrected chi connectivity index (χ1v) is 12.2. The van der Waals surface area contributed by atoms with Gasteiger partial charge in [0.2, 0.25) is 5.95 Å². The van der Waals surface area contributed by atoms with Gasteiger partial charge in [-0.2, -0.15) is 26.6 Å². The number of nitrogens with one attached hydrogen (secondary N) is 2. The Balaban J connectivity index is 0.00000194. The van der Waals surface area contributed by atoms with E-state index in [9.17, 15) is 26.4 Å². The van der Waals surface area contributed by atoms with E-state index in [0.29, 0.717) is 5.82 Å². The lowest BCUT2D eigenvalue weighted by Crippen LogP contribution is -2.28. The molecule has 0 aliphatic rings. The van der Waals surface area contributed by atoms with Crippen LogP contribution in [-0.4, -0.2) is 50.4 Å². The van der Waals surface area contributed by atoms with Gasteiger partial charge in [0.15, 0.2) is 12.0 Å². The van der Waals surface area contributed by atoms with Gasteiger partial charge in [-0.1, -0.05) is 20.8 Å². The van der Waals surface area contributed by atoms with Crippen molar-refractivity contribution in [2.24, 2.45) is 0 Å². The summed E-state index contributed by atoms with van der Waals surface area (Å²) in [5.41, 5.74) is -4.78. The topological polar surface area (TPSA) is 120 Å². The highest BCUT2D eigenvalue weighted by Crippen LogP contribution is 2.34. The first-order valence-electron chi connectivity index (χ1n) is 10.8. The van der Waals surface area contributed by atoms with Crippen LogP contribution in [0.15, 0.2) is 18.3 Å². The van der Waals surface area contributed by atoms with Gasteiger partial charge in [-0.15, -0.1) is 0 Å². The minimum absolute atomic E-state index is 0.0902. The van der Waals surface area contributed by atoms with Crippen molar-refractivity contribution in [1.29, 1.82) is 0 Å². The van der Waals surface area contributed by atoms with Crippen LogP contribution in [0.1, 0.15) is 55.1 Å². The lowest BCUT2D eigenvalue weighted by Gasteiger charge is -2.18. The number of hydrogen-bond donors (Lipinski definition) is 2. The van der Waals surface area contributed by atoms with Gasteiger partial charge < -0.3 is 19.6 Å². The van der Waals surface area contributed by atoms with Crippen LogP contribution in [0.2, 0.25) is 0 Å². The van der Waals surface area contributed by atoms with Gasteiger partial charge in [0, 0.05) is 37.7 Å². The number of halogens is 3. The summed E-state index contributed by atoms with van der Waals surface area (Å²) in [6, 6.07) is 2.77. The Morgan fingerprint density at radius 2 is 1.74 bits per heavy atom. The van der Waals surface area contributed by atoms with E-state index in [0.717, 1.165) is 18.4 Å². The molecule has 0 radical (unpaired) electrons. The number of carbonyl (C=O) groups excluding carboxylic acids is 1. The van der Waals surface area contributed by atoms with Crippen LogP contribution < -0.4 is 14.8 Å². The third kappa shape index (κ3) is 8.35. The second kappa shape index (κ2) is 13.2. The Morgan fingerprint density at radius 3 is 2.23 bits per heavy atom. The van der Waals surface area contributed by atoms with Crippen molar-refractivity contribution in [3.63, 3.8) is 0 Å². The summed E-state index contributed by atoms with van der Waals surface area (Å²) >= 11 is 0. The number of ether oxygens (including phenoxy) is 1. The van der Waals surface area contributed by atoms with Crippen LogP contribution in [0.3, 0.4) is 0 Å². The second-order valence-electron chi connectivity index (χ2n) is 7.42. The van der Waals surface area contributed by atoms with Crippen LogP contribution in [0.25, 0.3) is 0 Å². The van der Waals surface area contributed by atoms with E-state index < -0.39 is 21.4 Å². The lowest BCUT2D eigenvalue weighted by molar-refractivity contribution is -0.0500. The Morgan fingerprint density at radius 1 is 1.14 bits per heavy atom. The number of nitrogens with zero attached hydrogens (tertiary/aromatic N) is 2. The number of benzene rings is 1. The molecule has 2 N–H and O–H groups in total. The summed E-state index contributed by atoms with van der Waals surface area (Å²) in [6.45, 7) is 7.53. The standard InChI is InChI=1S/C20H25F3N4O4S.C2H6O/c1-5-13-8-16(9-14(11-28)17(13)31-32(29,30)20(21,22)23)26-19-24-10-12(4)18(27-19)25-15(6-2)7-3;1-3-2/h8-11,15H,5-7H2,1-4H3,(H2,24,25,26,27);1-2H3. The highest BCUT2D eigenvalue weighted by atomic mass is 32.2. The number of hydrogen-bond acceptors (Lipinski definition) is 9. The Hall–Kier alpha value is -2.93. The highest BCUT2D eigenvalue weighted by Gasteiger charge is 2.49. The molecule has 1 heterocycles. The second-order valence-corrected chi connectivity index (χ2v) is 8.96. The van der Waals surface area contributed by atoms with Crippen LogP contribution in [-0.2, 0) is 21.3 Å². The smallest absolute Gasteiger partial charge is 0.388 e. The van der Waals surface area contributed by atoms with Crippen molar-refractivity contribution in [1.82, 2.24) is 9.97 Å². The molecule has 0 amide bonds. The summed E-state index contributed by atoms with van der Waals surface area (Å²) < 4.78 is 69.6. The molecule has 0 saturated heterocycles. The molecule has 196 valence electrons. The minimum atomic E-state index is -5.93. The Kier molecular flexibility index (Phi) is 11.4. The van der Waals surface area contributed by atoms with Gasteiger partial charge in [0.25, 0.3) is 0 Å². The molecule has 2 aromatic rings. The summed E-state index contributed by atoms with van der Waals surface area (Å²) in [4.78, 5) is 20.1. The molecular weight excluding hydrogens is 489 g/mol. The molecule has 0 unspecified atom stereocenters. The minimum Gasteiger partial charge on any atom is -0.388 e. The van der Waals surface area contributed by atoms with Gasteiger partial charge >= 0.3 is 15.6 Å². The van der Waals surface area contributed by atoms with E-state index in [1.807, 2.05) is 20.8 Å². The SMILES string of the molecule is CCc1cc(Nc2ncc(C)c(NC(CC)CC)n2)cc(C=O)c1OS(=O)(=O)C(F)(F)F.COC. The van der Waals surface area contributed by atoms with E-state index in [-0.39, 0.29) is 41.5 Å². The van der Waals surface area contributed by atoms with Crippen molar-refractivity contribution in [3.8, 4) is 5.75 Å². The summed E-state index contributed by atoms with van der Waals surface area (Å²) in [7, 11) is -2.68. The van der Waals surface area contributed by atoms with E-state index in [2.05, 4.69) is 29.5 Å². The number of aldehydes is 1. The van der Waals surface area contributed by atoms with Gasteiger partial charge in [-0.3, -0.25) is 4.79 Å². The molecule has 0 aliphatic heterocycles. The predicted molar refractivity (Wildman–Crippen MR) is 128 cm³/mol. The van der Waals surface area contributed by atoms with Crippen molar-refractivity contribution in [2.75, 3.05) is 24.9 Å². The summed E-state index contributed by atoms with van der Waals surface area (Å²) in [6.07, 6.45) is 3.73. The normalized spacial score (nSPS) is 11.5. The van der Waals surface area contributed by atoms with Gasteiger partial charge in [-0.05, 0) is 43.9 Å². The zero-order valence-electron chi connectivity index (χ0n) is 20.5. The van der Waals surface area contributed by atoms with Crippen molar-refractivity contribution in [2.45, 2.75) is 58.5 Å². The molecule has 0 spiro atoms. The summed E-state index contributed by atoms with van der Waals surface area (Å²) in [5.74, 6) is 0.157. The maximum absolute atomic E-state index is 12.7. The molecular formula is C22H31F3N4O5S. The third-order valence-corrected chi connectivity index (χ3v) is 5.69. The van der Waals surface area contributed by atoms with Crippen LogP contribution in [0, 0.1) is 6.92 Å². The fourth-order valence-electron chi connectivity index (χ4n) is 2.86. The third-order valence-electron chi connectivity index (χ3n) is 4.73. The van der Waals surface area contributed by atoms with E-state index in [4.69, 9.17) is 0 Å². The van der Waals surface area contributed by atoms with Crippen LogP contribution in [0.5, 0.6) is 5.75 Å². The van der Waals surface area contributed by atoms with Gasteiger partial charge in [0.1, 0.15) is 5.82 Å². The number of anilines is 3. The zero-order valence-corrected chi connectivity index (χ0v) is 21.3. The van der Waals surface area contributed by atoms with Crippen LogP contribution in [0.4, 0.5) is 30.6 Å². The number of rotatable bonds is 10. The predicted octanol–water partition coefficient (Wildman–Crippen LogP) is 5.00. The molecule has 9 nitrogen and oxygen atoms in total.